The molecule has 1 aliphatic heterocycles. The van der Waals surface area contributed by atoms with Crippen molar-refractivity contribution in [3.8, 4) is 0 Å². The fraction of sp³-hybridized carbons (Fsp3) is 0.533. The van der Waals surface area contributed by atoms with Crippen molar-refractivity contribution < 1.29 is 13.2 Å². The number of carbonyl (C=O) groups excluding carboxylic acids is 1. The van der Waals surface area contributed by atoms with E-state index in [4.69, 9.17) is 0 Å². The number of sulfonamides is 1. The quantitative estimate of drug-likeness (QED) is 0.721. The Morgan fingerprint density at radius 1 is 1.43 bits per heavy atom. The van der Waals surface area contributed by atoms with E-state index in [2.05, 4.69) is 10.0 Å². The molecule has 2 N–H and O–H groups in total. The molecule has 0 bridgehead atoms. The SMILES string of the molecule is CNS(=O)(=O)C[C@H]1CCCN1CC(=O)Nc1cccc(SC)c1. The standard InChI is InChI=1S/C15H23N3O3S2/c1-16-23(20,21)11-13-6-4-8-18(13)10-15(19)17-12-5-3-7-14(9-12)22-2/h3,5,7,9,13,16H,4,6,8,10-11H2,1-2H3,(H,17,19)/t13-/m1/s1. The molecule has 128 valence electrons. The van der Waals surface area contributed by atoms with Gasteiger partial charge in [-0.05, 0) is 50.9 Å². The molecule has 2 rings (SSSR count). The zero-order chi connectivity index (χ0) is 16.9. The number of carbonyl (C=O) groups is 1. The minimum atomic E-state index is -3.27. The molecule has 1 aromatic carbocycles. The van der Waals surface area contributed by atoms with Crippen LogP contribution in [-0.4, -0.2) is 57.4 Å². The van der Waals surface area contributed by atoms with Crippen LogP contribution in [0.25, 0.3) is 0 Å². The number of hydrogen-bond acceptors (Lipinski definition) is 5. The van der Waals surface area contributed by atoms with E-state index in [0.29, 0.717) is 0 Å². The summed E-state index contributed by atoms with van der Waals surface area (Å²) in [6.45, 7) is 0.968. The molecule has 1 heterocycles. The molecule has 8 heteroatoms. The van der Waals surface area contributed by atoms with E-state index >= 15 is 0 Å². The van der Waals surface area contributed by atoms with E-state index in [9.17, 15) is 13.2 Å². The number of anilines is 1. The zero-order valence-electron chi connectivity index (χ0n) is 13.4. The van der Waals surface area contributed by atoms with E-state index in [1.54, 1.807) is 11.8 Å². The lowest BCUT2D eigenvalue weighted by Crippen LogP contribution is -2.42. The van der Waals surface area contributed by atoms with Gasteiger partial charge in [-0.2, -0.15) is 0 Å². The predicted octanol–water partition coefficient (Wildman–Crippen LogP) is 1.36. The summed E-state index contributed by atoms with van der Waals surface area (Å²) < 4.78 is 25.8. The molecule has 0 aromatic heterocycles. The highest BCUT2D eigenvalue weighted by Gasteiger charge is 2.29. The number of nitrogens with zero attached hydrogens (tertiary/aromatic N) is 1. The highest BCUT2D eigenvalue weighted by atomic mass is 32.2. The summed E-state index contributed by atoms with van der Waals surface area (Å²) in [6.07, 6.45) is 3.70. The van der Waals surface area contributed by atoms with Gasteiger partial charge >= 0.3 is 0 Å². The van der Waals surface area contributed by atoms with Crippen LogP contribution in [0.5, 0.6) is 0 Å². The van der Waals surface area contributed by atoms with Crippen LogP contribution in [0, 0.1) is 0 Å². The van der Waals surface area contributed by atoms with E-state index < -0.39 is 10.0 Å². The molecule has 0 unspecified atom stereocenters. The normalized spacial score (nSPS) is 19.0. The van der Waals surface area contributed by atoms with Crippen LogP contribution in [0.2, 0.25) is 0 Å². The van der Waals surface area contributed by atoms with Crippen molar-refractivity contribution in [1.82, 2.24) is 9.62 Å². The molecular formula is C15H23N3O3S2. The van der Waals surface area contributed by atoms with Crippen molar-refractivity contribution >= 4 is 33.4 Å². The van der Waals surface area contributed by atoms with Gasteiger partial charge in [0.05, 0.1) is 12.3 Å². The fourth-order valence-corrected chi connectivity index (χ4v) is 4.22. The molecule has 1 aliphatic rings. The number of amides is 1. The van der Waals surface area contributed by atoms with Gasteiger partial charge in [0.2, 0.25) is 15.9 Å². The number of nitrogens with one attached hydrogen (secondary N) is 2. The molecule has 0 spiro atoms. The molecule has 0 radical (unpaired) electrons. The van der Waals surface area contributed by atoms with Crippen LogP contribution in [0.4, 0.5) is 5.69 Å². The molecule has 0 saturated carbocycles. The summed E-state index contributed by atoms with van der Waals surface area (Å²) in [7, 11) is -1.85. The maximum Gasteiger partial charge on any atom is 0.238 e. The largest absolute Gasteiger partial charge is 0.325 e. The van der Waals surface area contributed by atoms with Gasteiger partial charge in [-0.3, -0.25) is 9.69 Å². The third-order valence-electron chi connectivity index (χ3n) is 3.92. The van der Waals surface area contributed by atoms with Crippen LogP contribution in [0.15, 0.2) is 29.2 Å². The molecule has 1 saturated heterocycles. The Labute approximate surface area is 142 Å². The monoisotopic (exact) mass is 357 g/mol. The minimum absolute atomic E-state index is 0.0404. The van der Waals surface area contributed by atoms with Gasteiger partial charge in [0.15, 0.2) is 0 Å². The summed E-state index contributed by atoms with van der Waals surface area (Å²) in [5, 5.41) is 2.88. The third-order valence-corrected chi connectivity index (χ3v) is 6.09. The topological polar surface area (TPSA) is 78.5 Å². The van der Waals surface area contributed by atoms with Crippen LogP contribution in [-0.2, 0) is 14.8 Å². The smallest absolute Gasteiger partial charge is 0.238 e. The summed E-state index contributed by atoms with van der Waals surface area (Å²) in [4.78, 5) is 15.3. The second kappa shape index (κ2) is 8.14. The van der Waals surface area contributed by atoms with Crippen molar-refractivity contribution in [3.05, 3.63) is 24.3 Å². The van der Waals surface area contributed by atoms with E-state index in [1.807, 2.05) is 35.4 Å². The molecule has 1 amide bonds. The highest BCUT2D eigenvalue weighted by Crippen LogP contribution is 2.20. The van der Waals surface area contributed by atoms with Gasteiger partial charge < -0.3 is 5.32 Å². The average molecular weight is 358 g/mol. The van der Waals surface area contributed by atoms with Gasteiger partial charge in [-0.15, -0.1) is 11.8 Å². The number of thioether (sulfide) groups is 1. The number of rotatable bonds is 7. The number of benzene rings is 1. The maximum absolute atomic E-state index is 12.2. The summed E-state index contributed by atoms with van der Waals surface area (Å²) in [5.41, 5.74) is 0.764. The maximum atomic E-state index is 12.2. The lowest BCUT2D eigenvalue weighted by molar-refractivity contribution is -0.117. The first-order valence-electron chi connectivity index (χ1n) is 7.52. The number of hydrogen-bond donors (Lipinski definition) is 2. The first kappa shape index (κ1) is 18.3. The second-order valence-corrected chi connectivity index (χ2v) is 8.38. The molecule has 1 atom stereocenters. The van der Waals surface area contributed by atoms with Gasteiger partial charge in [-0.1, -0.05) is 6.07 Å². The fourth-order valence-electron chi connectivity index (χ4n) is 2.71. The van der Waals surface area contributed by atoms with Crippen molar-refractivity contribution in [3.63, 3.8) is 0 Å². The Morgan fingerprint density at radius 3 is 2.91 bits per heavy atom. The Kier molecular flexibility index (Phi) is 6.46. The first-order chi connectivity index (χ1) is 10.9. The summed E-state index contributed by atoms with van der Waals surface area (Å²) in [5.74, 6) is -0.0735. The molecule has 1 aromatic rings. The minimum Gasteiger partial charge on any atom is -0.325 e. The van der Waals surface area contributed by atoms with E-state index in [1.165, 1.54) is 7.05 Å². The average Bonchev–Trinajstić information content (AvgIpc) is 2.93. The van der Waals surface area contributed by atoms with Crippen molar-refractivity contribution in [2.45, 2.75) is 23.8 Å². The van der Waals surface area contributed by atoms with Gasteiger partial charge in [0.25, 0.3) is 0 Å². The highest BCUT2D eigenvalue weighted by molar-refractivity contribution is 7.98. The molecular weight excluding hydrogens is 334 g/mol. The second-order valence-electron chi connectivity index (χ2n) is 5.53. The van der Waals surface area contributed by atoms with Crippen LogP contribution >= 0.6 is 11.8 Å². The van der Waals surface area contributed by atoms with Crippen LogP contribution < -0.4 is 10.0 Å². The van der Waals surface area contributed by atoms with Gasteiger partial charge in [0, 0.05) is 16.6 Å². The van der Waals surface area contributed by atoms with Crippen molar-refractivity contribution in [1.29, 1.82) is 0 Å². The van der Waals surface area contributed by atoms with E-state index in [-0.39, 0.29) is 24.2 Å². The lowest BCUT2D eigenvalue weighted by Gasteiger charge is -2.23. The molecule has 23 heavy (non-hydrogen) atoms. The number of likely N-dealkylation sites (tertiary alicyclic amines) is 1. The summed E-state index contributed by atoms with van der Waals surface area (Å²) in [6, 6.07) is 7.56. The van der Waals surface area contributed by atoms with Crippen LogP contribution in [0.1, 0.15) is 12.8 Å². The van der Waals surface area contributed by atoms with Crippen molar-refractivity contribution in [2.24, 2.45) is 0 Å². The van der Waals surface area contributed by atoms with Gasteiger partial charge in [0.1, 0.15) is 0 Å². The lowest BCUT2D eigenvalue weighted by atomic mass is 10.2. The predicted molar refractivity (Wildman–Crippen MR) is 94.3 cm³/mol. The zero-order valence-corrected chi connectivity index (χ0v) is 15.0. The first-order valence-corrected chi connectivity index (χ1v) is 10.4. The Bertz CT molecular complexity index is 649. The molecule has 6 nitrogen and oxygen atoms in total. The molecule has 0 aliphatic carbocycles. The third kappa shape index (κ3) is 5.49. The van der Waals surface area contributed by atoms with Crippen molar-refractivity contribution in [2.75, 3.05) is 37.5 Å². The van der Waals surface area contributed by atoms with E-state index in [0.717, 1.165) is 30.0 Å². The van der Waals surface area contributed by atoms with Gasteiger partial charge in [-0.25, -0.2) is 13.1 Å². The Hall–Kier alpha value is -1.09. The Morgan fingerprint density at radius 2 is 2.22 bits per heavy atom. The molecule has 1 fully saturated rings. The Balaban J connectivity index is 1.93. The summed E-state index contributed by atoms with van der Waals surface area (Å²) >= 11 is 1.62. The van der Waals surface area contributed by atoms with Crippen LogP contribution in [0.3, 0.4) is 0 Å².